The highest BCUT2D eigenvalue weighted by Gasteiger charge is 2.22. The number of fused-ring (bicyclic) bond motifs is 1. The van der Waals surface area contributed by atoms with Gasteiger partial charge in [0, 0.05) is 13.0 Å². The van der Waals surface area contributed by atoms with Crippen molar-refractivity contribution in [1.29, 1.82) is 5.26 Å². The van der Waals surface area contributed by atoms with Crippen LogP contribution in [-0.2, 0) is 7.05 Å². The number of rotatable bonds is 3. The lowest BCUT2D eigenvalue weighted by molar-refractivity contribution is 0.639. The van der Waals surface area contributed by atoms with E-state index in [1.165, 1.54) is 37.0 Å². The highest BCUT2D eigenvalue weighted by atomic mass is 15.1. The number of hydrogen-bond acceptors (Lipinski definition) is 2. The summed E-state index contributed by atoms with van der Waals surface area (Å²) in [5, 5.41) is 9.21. The van der Waals surface area contributed by atoms with Crippen molar-refractivity contribution < 1.29 is 0 Å². The second kappa shape index (κ2) is 5.28. The zero-order chi connectivity index (χ0) is 14.1. The number of nitrogens with zero attached hydrogens (tertiary/aromatic N) is 3. The number of benzene rings is 1. The van der Waals surface area contributed by atoms with Crippen molar-refractivity contribution in [3.05, 3.63) is 29.6 Å². The maximum atomic E-state index is 9.21. The van der Waals surface area contributed by atoms with E-state index in [9.17, 15) is 5.26 Å². The molecule has 1 atom stereocenters. The van der Waals surface area contributed by atoms with Gasteiger partial charge >= 0.3 is 0 Å². The van der Waals surface area contributed by atoms with Crippen molar-refractivity contribution in [2.75, 3.05) is 0 Å². The molecule has 1 aromatic heterocycles. The van der Waals surface area contributed by atoms with E-state index in [0.717, 1.165) is 17.5 Å². The van der Waals surface area contributed by atoms with E-state index in [1.54, 1.807) is 0 Å². The molecular weight excluding hydrogens is 246 g/mol. The van der Waals surface area contributed by atoms with Gasteiger partial charge in [0.05, 0.1) is 23.0 Å². The van der Waals surface area contributed by atoms with Crippen LogP contribution < -0.4 is 0 Å². The van der Waals surface area contributed by atoms with Gasteiger partial charge in [-0.3, -0.25) is 0 Å². The molecule has 1 heterocycles. The minimum atomic E-state index is -0.0173. The third kappa shape index (κ3) is 2.10. The van der Waals surface area contributed by atoms with Crippen molar-refractivity contribution in [1.82, 2.24) is 9.55 Å². The standard InChI is InChI=1S/C17H21N3/c1-3-12(11-18)14-8-9-16-15(10-14)19-17(20(16)2)13-6-4-5-7-13/h8-10,12-13H,3-7H2,1-2H3. The Morgan fingerprint density at radius 3 is 2.80 bits per heavy atom. The highest BCUT2D eigenvalue weighted by molar-refractivity contribution is 5.77. The Balaban J connectivity index is 2.05. The Morgan fingerprint density at radius 1 is 1.40 bits per heavy atom. The van der Waals surface area contributed by atoms with Gasteiger partial charge in [-0.25, -0.2) is 4.98 Å². The molecule has 104 valence electrons. The van der Waals surface area contributed by atoms with Crippen molar-refractivity contribution in [3.63, 3.8) is 0 Å². The van der Waals surface area contributed by atoms with E-state index < -0.39 is 0 Å². The summed E-state index contributed by atoms with van der Waals surface area (Å²) in [4.78, 5) is 4.86. The van der Waals surface area contributed by atoms with Gasteiger partial charge in [0.1, 0.15) is 5.82 Å². The fourth-order valence-electron chi connectivity index (χ4n) is 3.40. The van der Waals surface area contributed by atoms with E-state index in [4.69, 9.17) is 4.98 Å². The van der Waals surface area contributed by atoms with Crippen LogP contribution in [-0.4, -0.2) is 9.55 Å². The molecule has 20 heavy (non-hydrogen) atoms. The first-order valence-corrected chi connectivity index (χ1v) is 7.60. The van der Waals surface area contributed by atoms with Crippen molar-refractivity contribution in [3.8, 4) is 6.07 Å². The van der Waals surface area contributed by atoms with Gasteiger partial charge in [-0.15, -0.1) is 0 Å². The zero-order valence-electron chi connectivity index (χ0n) is 12.3. The fraction of sp³-hybridized carbons (Fsp3) is 0.529. The molecule has 0 amide bonds. The molecule has 0 radical (unpaired) electrons. The van der Waals surface area contributed by atoms with Gasteiger partial charge in [-0.05, 0) is 37.0 Å². The predicted molar refractivity (Wildman–Crippen MR) is 80.6 cm³/mol. The molecule has 3 heteroatoms. The quantitative estimate of drug-likeness (QED) is 0.834. The predicted octanol–water partition coefficient (Wildman–Crippen LogP) is 4.25. The number of imidazole rings is 1. The minimum Gasteiger partial charge on any atom is -0.331 e. The molecule has 0 bridgehead atoms. The Kier molecular flexibility index (Phi) is 3.48. The van der Waals surface area contributed by atoms with Gasteiger partial charge < -0.3 is 4.57 Å². The summed E-state index contributed by atoms with van der Waals surface area (Å²) < 4.78 is 2.24. The van der Waals surface area contributed by atoms with Gasteiger partial charge in [0.25, 0.3) is 0 Å². The molecule has 0 spiro atoms. The summed E-state index contributed by atoms with van der Waals surface area (Å²) >= 11 is 0. The third-order valence-electron chi connectivity index (χ3n) is 4.63. The lowest BCUT2D eigenvalue weighted by atomic mass is 9.98. The highest BCUT2D eigenvalue weighted by Crippen LogP contribution is 2.35. The first kappa shape index (κ1) is 13.2. The van der Waals surface area contributed by atoms with Crippen LogP contribution >= 0.6 is 0 Å². The van der Waals surface area contributed by atoms with Crippen LogP contribution in [0.3, 0.4) is 0 Å². The molecule has 1 unspecified atom stereocenters. The maximum absolute atomic E-state index is 9.21. The second-order valence-corrected chi connectivity index (χ2v) is 5.85. The van der Waals surface area contributed by atoms with Gasteiger partial charge in [0.2, 0.25) is 0 Å². The molecule has 0 saturated heterocycles. The van der Waals surface area contributed by atoms with Gasteiger partial charge in [0.15, 0.2) is 0 Å². The SMILES string of the molecule is CCC(C#N)c1ccc2c(c1)nc(C1CCCC1)n2C. The van der Waals surface area contributed by atoms with Crippen LogP contribution in [0.15, 0.2) is 18.2 Å². The number of aryl methyl sites for hydroxylation is 1. The lowest BCUT2D eigenvalue weighted by Crippen LogP contribution is -2.02. The number of nitriles is 1. The van der Waals surface area contributed by atoms with E-state index in [0.29, 0.717) is 5.92 Å². The molecule has 0 N–H and O–H groups in total. The summed E-state index contributed by atoms with van der Waals surface area (Å²) in [6.45, 7) is 2.06. The molecular formula is C17H21N3. The smallest absolute Gasteiger partial charge is 0.112 e. The molecule has 3 rings (SSSR count). The topological polar surface area (TPSA) is 41.6 Å². The van der Waals surface area contributed by atoms with Crippen molar-refractivity contribution >= 4 is 11.0 Å². The van der Waals surface area contributed by atoms with Crippen molar-refractivity contribution in [2.45, 2.75) is 50.9 Å². The molecule has 2 aromatic rings. The monoisotopic (exact) mass is 267 g/mol. The summed E-state index contributed by atoms with van der Waals surface area (Å²) in [6, 6.07) is 8.68. The van der Waals surface area contributed by atoms with E-state index in [2.05, 4.69) is 42.8 Å². The van der Waals surface area contributed by atoms with Crippen LogP contribution in [0.25, 0.3) is 11.0 Å². The Labute approximate surface area is 120 Å². The second-order valence-electron chi connectivity index (χ2n) is 5.85. The van der Waals surface area contributed by atoms with Gasteiger partial charge in [-0.2, -0.15) is 5.26 Å². The zero-order valence-corrected chi connectivity index (χ0v) is 12.3. The van der Waals surface area contributed by atoms with E-state index in [-0.39, 0.29) is 5.92 Å². The largest absolute Gasteiger partial charge is 0.331 e. The summed E-state index contributed by atoms with van der Waals surface area (Å²) in [5.74, 6) is 1.82. The Bertz CT molecular complexity index is 657. The van der Waals surface area contributed by atoms with Crippen molar-refractivity contribution in [2.24, 2.45) is 7.05 Å². The minimum absolute atomic E-state index is 0.0173. The Hall–Kier alpha value is -1.82. The molecule has 1 fully saturated rings. The summed E-state index contributed by atoms with van der Waals surface area (Å²) in [7, 11) is 2.12. The average Bonchev–Trinajstić information content (AvgIpc) is 3.08. The number of aromatic nitrogens is 2. The molecule has 1 aromatic carbocycles. The lowest BCUT2D eigenvalue weighted by Gasteiger charge is -2.08. The first-order valence-electron chi connectivity index (χ1n) is 7.60. The third-order valence-corrected chi connectivity index (χ3v) is 4.63. The van der Waals surface area contributed by atoms with Crippen LogP contribution in [0, 0.1) is 11.3 Å². The summed E-state index contributed by atoms with van der Waals surface area (Å²) in [5.41, 5.74) is 3.32. The van der Waals surface area contributed by atoms with Gasteiger partial charge in [-0.1, -0.05) is 25.8 Å². The maximum Gasteiger partial charge on any atom is 0.112 e. The van der Waals surface area contributed by atoms with Crippen LogP contribution in [0.4, 0.5) is 0 Å². The molecule has 1 aliphatic rings. The van der Waals surface area contributed by atoms with E-state index >= 15 is 0 Å². The van der Waals surface area contributed by atoms with Crippen LogP contribution in [0.5, 0.6) is 0 Å². The summed E-state index contributed by atoms with van der Waals surface area (Å²) in [6.07, 6.45) is 6.03. The molecule has 1 saturated carbocycles. The molecule has 1 aliphatic carbocycles. The molecule has 3 nitrogen and oxygen atoms in total. The average molecular weight is 267 g/mol. The first-order chi connectivity index (χ1) is 9.74. The van der Waals surface area contributed by atoms with E-state index in [1.807, 2.05) is 0 Å². The van der Waals surface area contributed by atoms with Crippen LogP contribution in [0.2, 0.25) is 0 Å². The Morgan fingerprint density at radius 2 is 2.15 bits per heavy atom. The number of hydrogen-bond donors (Lipinski definition) is 0. The normalized spacial score (nSPS) is 17.4. The fourth-order valence-corrected chi connectivity index (χ4v) is 3.40. The van der Waals surface area contributed by atoms with Crippen LogP contribution in [0.1, 0.15) is 62.3 Å². The molecule has 0 aliphatic heterocycles.